The van der Waals surface area contributed by atoms with Gasteiger partial charge in [-0.25, -0.2) is 0 Å². The first-order valence-corrected chi connectivity index (χ1v) is 17.5. The van der Waals surface area contributed by atoms with Crippen molar-refractivity contribution in [2.24, 2.45) is 13.0 Å². The lowest BCUT2D eigenvalue weighted by Crippen LogP contribution is -2.57. The average Bonchev–Trinajstić information content (AvgIpc) is 3.41. The van der Waals surface area contributed by atoms with Crippen LogP contribution in [0.1, 0.15) is 57.6 Å². The first kappa shape index (κ1) is 37.9. The van der Waals surface area contributed by atoms with Gasteiger partial charge in [0.1, 0.15) is 23.9 Å². The van der Waals surface area contributed by atoms with Crippen molar-refractivity contribution in [3.8, 4) is 5.75 Å². The van der Waals surface area contributed by atoms with E-state index in [-0.39, 0.29) is 42.9 Å². The van der Waals surface area contributed by atoms with Gasteiger partial charge in [-0.05, 0) is 61.4 Å². The molecule has 50 heavy (non-hydrogen) atoms. The van der Waals surface area contributed by atoms with Crippen LogP contribution in [-0.4, -0.2) is 95.8 Å². The molecule has 0 aliphatic carbocycles. The molecule has 1 saturated heterocycles. The van der Waals surface area contributed by atoms with Crippen LogP contribution in [0.25, 0.3) is 10.9 Å². The van der Waals surface area contributed by atoms with Gasteiger partial charge in [0.2, 0.25) is 29.5 Å². The molecule has 3 N–H and O–H groups in total. The number of nitrogens with zero attached hydrogens (tertiary/aromatic N) is 3. The van der Waals surface area contributed by atoms with Crippen molar-refractivity contribution >= 4 is 40.4 Å². The van der Waals surface area contributed by atoms with E-state index in [1.165, 1.54) is 4.90 Å². The zero-order valence-electron chi connectivity index (χ0n) is 30.2. The number of para-hydroxylation sites is 1. The molecule has 5 amide bonds. The molecule has 3 aromatic rings. The predicted molar refractivity (Wildman–Crippen MR) is 192 cm³/mol. The third-order valence-corrected chi connectivity index (χ3v) is 9.29. The fraction of sp³-hybridized carbons (Fsp3) is 0.500. The molecule has 1 fully saturated rings. The summed E-state index contributed by atoms with van der Waals surface area (Å²) < 4.78 is 7.26. The minimum absolute atomic E-state index is 0.0684. The molecular formula is C38H52N6O6. The van der Waals surface area contributed by atoms with Gasteiger partial charge in [0.25, 0.3) is 0 Å². The topological polar surface area (TPSA) is 142 Å². The van der Waals surface area contributed by atoms with Crippen molar-refractivity contribution in [3.05, 3.63) is 65.9 Å². The van der Waals surface area contributed by atoms with E-state index in [4.69, 9.17) is 4.74 Å². The van der Waals surface area contributed by atoms with Crippen molar-refractivity contribution in [1.82, 2.24) is 30.3 Å². The monoisotopic (exact) mass is 688 g/mol. The van der Waals surface area contributed by atoms with Crippen LogP contribution in [0, 0.1) is 5.92 Å². The summed E-state index contributed by atoms with van der Waals surface area (Å²) in [6.07, 6.45) is 3.73. The highest BCUT2D eigenvalue weighted by molar-refractivity contribution is 5.94. The number of aryl methyl sites for hydroxylation is 1. The van der Waals surface area contributed by atoms with E-state index < -0.39 is 29.9 Å². The van der Waals surface area contributed by atoms with E-state index in [0.29, 0.717) is 44.6 Å². The molecule has 0 spiro atoms. The maximum atomic E-state index is 13.9. The highest BCUT2D eigenvalue weighted by atomic mass is 16.5. The number of nitrogens with one attached hydrogen (secondary N) is 3. The van der Waals surface area contributed by atoms with Gasteiger partial charge in [0, 0.05) is 63.7 Å². The van der Waals surface area contributed by atoms with Gasteiger partial charge in [0.05, 0.1) is 13.5 Å². The summed E-state index contributed by atoms with van der Waals surface area (Å²) in [6.45, 7) is 6.59. The minimum atomic E-state index is -0.983. The Hall–Kier alpha value is -4.87. The second-order valence-corrected chi connectivity index (χ2v) is 13.6. The molecule has 0 bridgehead atoms. The van der Waals surface area contributed by atoms with Crippen LogP contribution in [0.4, 0.5) is 0 Å². The van der Waals surface area contributed by atoms with Gasteiger partial charge in [-0.2, -0.15) is 0 Å². The SMILES string of the molecule is COc1ccc(C[C@@H]2NC(=O)[C@@H](CC(C)C)NC(=O)CCCN(C(=O)Cc3cn(C)c4ccccc34)CCCNC(=O)[C@H](C)N(C)C2=O)cc1. The molecule has 12 nitrogen and oxygen atoms in total. The van der Waals surface area contributed by atoms with Crippen LogP contribution in [0.15, 0.2) is 54.7 Å². The molecule has 1 aliphatic heterocycles. The zero-order valence-corrected chi connectivity index (χ0v) is 30.2. The molecule has 4 rings (SSSR count). The minimum Gasteiger partial charge on any atom is -0.497 e. The summed E-state index contributed by atoms with van der Waals surface area (Å²) in [5, 5.41) is 9.70. The first-order chi connectivity index (χ1) is 23.9. The van der Waals surface area contributed by atoms with Gasteiger partial charge in [-0.1, -0.05) is 44.2 Å². The van der Waals surface area contributed by atoms with Gasteiger partial charge >= 0.3 is 0 Å². The molecule has 0 saturated carbocycles. The van der Waals surface area contributed by atoms with E-state index in [1.807, 2.05) is 68.1 Å². The van der Waals surface area contributed by atoms with Crippen LogP contribution >= 0.6 is 0 Å². The number of aromatic nitrogens is 1. The number of ether oxygens (including phenoxy) is 1. The fourth-order valence-electron chi connectivity index (χ4n) is 6.31. The number of methoxy groups -OCH3 is 1. The summed E-state index contributed by atoms with van der Waals surface area (Å²) in [5.74, 6) is -0.878. The van der Waals surface area contributed by atoms with Gasteiger partial charge in [-0.3, -0.25) is 24.0 Å². The Morgan fingerprint density at radius 2 is 1.62 bits per heavy atom. The van der Waals surface area contributed by atoms with Crippen LogP contribution in [0.3, 0.4) is 0 Å². The number of fused-ring (bicyclic) bond motifs is 1. The fourth-order valence-corrected chi connectivity index (χ4v) is 6.31. The van der Waals surface area contributed by atoms with Gasteiger partial charge < -0.3 is 35.1 Å². The highest BCUT2D eigenvalue weighted by Crippen LogP contribution is 2.22. The van der Waals surface area contributed by atoms with E-state index in [1.54, 1.807) is 38.1 Å². The number of hydrogen-bond acceptors (Lipinski definition) is 6. The molecule has 12 heteroatoms. The Labute approximate surface area is 294 Å². The standard InChI is InChI=1S/C38H52N6O6/c1-25(2)21-31-37(48)41-32(22-27-14-16-29(50-6)17-15-27)38(49)43(5)26(3)36(47)39-18-10-20-44(19-9-13-34(45)40-31)35(46)23-28-24-42(4)33-12-8-7-11-30(28)33/h7-8,11-12,14-17,24-26,31-32H,9-10,13,18-23H2,1-6H3,(H,39,47)(H,40,45)(H,41,48)/t26-,31+,32-/m0/s1. The number of carbonyl (C=O) groups is 5. The lowest BCUT2D eigenvalue weighted by Gasteiger charge is -2.30. The molecule has 1 aliphatic rings. The maximum absolute atomic E-state index is 13.9. The van der Waals surface area contributed by atoms with Crippen molar-refractivity contribution in [2.45, 2.75) is 77.4 Å². The number of hydrogen-bond donors (Lipinski definition) is 3. The number of carbonyl (C=O) groups excluding carboxylic acids is 5. The largest absolute Gasteiger partial charge is 0.497 e. The average molecular weight is 689 g/mol. The number of rotatable bonds is 7. The quantitative estimate of drug-likeness (QED) is 0.349. The Bertz CT molecular complexity index is 1650. The van der Waals surface area contributed by atoms with Gasteiger partial charge in [-0.15, -0.1) is 0 Å². The maximum Gasteiger partial charge on any atom is 0.245 e. The molecule has 0 unspecified atom stereocenters. The zero-order chi connectivity index (χ0) is 36.4. The summed E-state index contributed by atoms with van der Waals surface area (Å²) in [7, 11) is 5.06. The van der Waals surface area contributed by atoms with E-state index in [2.05, 4.69) is 16.0 Å². The normalized spacial score (nSPS) is 20.6. The summed E-state index contributed by atoms with van der Waals surface area (Å²) >= 11 is 0. The van der Waals surface area contributed by atoms with Crippen LogP contribution in [-0.2, 0) is 43.9 Å². The molecule has 1 aromatic heterocycles. The smallest absolute Gasteiger partial charge is 0.245 e. The van der Waals surface area contributed by atoms with Crippen molar-refractivity contribution < 1.29 is 28.7 Å². The molecule has 2 heterocycles. The summed E-state index contributed by atoms with van der Waals surface area (Å²) in [5.41, 5.74) is 2.76. The Morgan fingerprint density at radius 1 is 0.920 bits per heavy atom. The molecule has 270 valence electrons. The molecule has 0 radical (unpaired) electrons. The van der Waals surface area contributed by atoms with Crippen molar-refractivity contribution in [1.29, 1.82) is 0 Å². The van der Waals surface area contributed by atoms with Crippen molar-refractivity contribution in [2.75, 3.05) is 33.8 Å². The summed E-state index contributed by atoms with van der Waals surface area (Å²) in [4.78, 5) is 70.8. The second kappa shape index (κ2) is 17.7. The second-order valence-electron chi connectivity index (χ2n) is 13.6. The number of amides is 5. The van der Waals surface area contributed by atoms with Crippen molar-refractivity contribution in [3.63, 3.8) is 0 Å². The van der Waals surface area contributed by atoms with E-state index >= 15 is 0 Å². The predicted octanol–water partition coefficient (Wildman–Crippen LogP) is 2.96. The van der Waals surface area contributed by atoms with E-state index in [0.717, 1.165) is 22.0 Å². The lowest BCUT2D eigenvalue weighted by atomic mass is 10.00. The molecule has 2 aromatic carbocycles. The van der Waals surface area contributed by atoms with Crippen LogP contribution in [0.5, 0.6) is 5.75 Å². The van der Waals surface area contributed by atoms with Crippen LogP contribution in [0.2, 0.25) is 0 Å². The number of likely N-dealkylation sites (N-methyl/N-ethyl adjacent to an activating group) is 1. The number of benzene rings is 2. The Balaban J connectivity index is 1.54. The van der Waals surface area contributed by atoms with E-state index in [9.17, 15) is 24.0 Å². The van der Waals surface area contributed by atoms with Gasteiger partial charge in [0.15, 0.2) is 0 Å². The summed E-state index contributed by atoms with van der Waals surface area (Å²) in [6, 6.07) is 12.5. The lowest BCUT2D eigenvalue weighted by molar-refractivity contribution is -0.141. The highest BCUT2D eigenvalue weighted by Gasteiger charge is 2.32. The first-order valence-electron chi connectivity index (χ1n) is 17.5. The Kier molecular flexibility index (Phi) is 13.4. The third-order valence-electron chi connectivity index (χ3n) is 9.29. The third kappa shape index (κ3) is 10.1. The van der Waals surface area contributed by atoms with Crippen LogP contribution < -0.4 is 20.7 Å². The Morgan fingerprint density at radius 3 is 2.32 bits per heavy atom. The molecular weight excluding hydrogens is 636 g/mol. The molecule has 3 atom stereocenters.